The van der Waals surface area contributed by atoms with Crippen LogP contribution in [0.5, 0.6) is 11.5 Å². The molecular weight excluding hydrogens is 336 g/mol. The Labute approximate surface area is 152 Å². The van der Waals surface area contributed by atoms with E-state index in [1.807, 2.05) is 12.1 Å². The highest BCUT2D eigenvalue weighted by molar-refractivity contribution is 5.81. The molecule has 26 heavy (non-hydrogen) atoms. The summed E-state index contributed by atoms with van der Waals surface area (Å²) < 4.78 is 16.0. The van der Waals surface area contributed by atoms with Crippen molar-refractivity contribution in [3.8, 4) is 22.9 Å². The van der Waals surface area contributed by atoms with Gasteiger partial charge in [0.25, 0.3) is 0 Å². The topological polar surface area (TPSA) is 80.9 Å². The van der Waals surface area contributed by atoms with Crippen molar-refractivity contribution in [2.24, 2.45) is 0 Å². The highest BCUT2D eigenvalue weighted by Gasteiger charge is 2.32. The van der Waals surface area contributed by atoms with Crippen LogP contribution in [0.1, 0.15) is 18.7 Å². The van der Waals surface area contributed by atoms with E-state index in [0.717, 1.165) is 24.9 Å². The predicted octanol–water partition coefficient (Wildman–Crippen LogP) is 1.81. The maximum absolute atomic E-state index is 12.3. The zero-order valence-corrected chi connectivity index (χ0v) is 15.6. The van der Waals surface area contributed by atoms with Crippen LogP contribution in [0.2, 0.25) is 0 Å². The summed E-state index contributed by atoms with van der Waals surface area (Å²) in [7, 11) is 6.73. The molecule has 1 fully saturated rings. The van der Waals surface area contributed by atoms with Crippen LogP contribution in [0, 0.1) is 0 Å². The lowest BCUT2D eigenvalue weighted by molar-refractivity contribution is -0.133. The molecule has 0 aliphatic carbocycles. The number of nitrogens with zero attached hydrogens (tertiary/aromatic N) is 4. The Morgan fingerprint density at radius 1 is 1.31 bits per heavy atom. The summed E-state index contributed by atoms with van der Waals surface area (Å²) in [5, 5.41) is 4.06. The summed E-state index contributed by atoms with van der Waals surface area (Å²) in [6.07, 6.45) is 1.84. The molecule has 8 nitrogen and oxygen atoms in total. The van der Waals surface area contributed by atoms with E-state index in [0.29, 0.717) is 29.8 Å². The van der Waals surface area contributed by atoms with Crippen LogP contribution in [-0.4, -0.2) is 66.7 Å². The van der Waals surface area contributed by atoms with Gasteiger partial charge in [0.05, 0.1) is 26.8 Å². The normalized spacial score (nSPS) is 17.3. The van der Waals surface area contributed by atoms with E-state index in [4.69, 9.17) is 14.0 Å². The average Bonchev–Trinajstić information content (AvgIpc) is 3.30. The molecule has 1 amide bonds. The van der Waals surface area contributed by atoms with Crippen LogP contribution < -0.4 is 9.47 Å². The first-order valence-electron chi connectivity index (χ1n) is 8.53. The molecule has 0 bridgehead atoms. The maximum Gasteiger partial charge on any atom is 0.241 e. The first-order valence-corrected chi connectivity index (χ1v) is 8.53. The van der Waals surface area contributed by atoms with Crippen molar-refractivity contribution in [1.29, 1.82) is 0 Å². The van der Waals surface area contributed by atoms with E-state index in [-0.39, 0.29) is 11.9 Å². The van der Waals surface area contributed by atoms with Crippen LogP contribution in [0.3, 0.4) is 0 Å². The van der Waals surface area contributed by atoms with Gasteiger partial charge in [0.2, 0.25) is 17.6 Å². The lowest BCUT2D eigenvalue weighted by Crippen LogP contribution is -2.42. The van der Waals surface area contributed by atoms with Crippen molar-refractivity contribution in [3.05, 3.63) is 24.1 Å². The van der Waals surface area contributed by atoms with Gasteiger partial charge in [-0.25, -0.2) is 0 Å². The van der Waals surface area contributed by atoms with Gasteiger partial charge in [-0.15, -0.1) is 0 Å². The molecule has 1 saturated heterocycles. The molecule has 1 atom stereocenters. The van der Waals surface area contributed by atoms with Gasteiger partial charge in [0.1, 0.15) is 0 Å². The number of rotatable bonds is 6. The maximum atomic E-state index is 12.3. The number of ether oxygens (including phenoxy) is 2. The van der Waals surface area contributed by atoms with Crippen molar-refractivity contribution >= 4 is 5.91 Å². The zero-order valence-electron chi connectivity index (χ0n) is 15.6. The third-order valence-corrected chi connectivity index (χ3v) is 4.54. The van der Waals surface area contributed by atoms with Gasteiger partial charge in [-0.3, -0.25) is 9.69 Å². The second-order valence-corrected chi connectivity index (χ2v) is 6.44. The van der Waals surface area contributed by atoms with E-state index < -0.39 is 0 Å². The fraction of sp³-hybridized carbons (Fsp3) is 0.500. The first kappa shape index (κ1) is 18.2. The number of amides is 1. The van der Waals surface area contributed by atoms with Crippen molar-refractivity contribution in [2.75, 3.05) is 34.9 Å². The molecule has 2 aromatic rings. The molecular formula is C18H24N4O4. The Morgan fingerprint density at radius 3 is 2.77 bits per heavy atom. The monoisotopic (exact) mass is 360 g/mol. The molecule has 8 heteroatoms. The van der Waals surface area contributed by atoms with Gasteiger partial charge in [0.15, 0.2) is 11.5 Å². The van der Waals surface area contributed by atoms with Crippen LogP contribution in [-0.2, 0) is 11.3 Å². The fourth-order valence-electron chi connectivity index (χ4n) is 3.18. The molecule has 2 heterocycles. The minimum absolute atomic E-state index is 0.113. The summed E-state index contributed by atoms with van der Waals surface area (Å²) in [5.74, 6) is 2.33. The quantitative estimate of drug-likeness (QED) is 0.777. The Bertz CT molecular complexity index is 774. The molecule has 1 aliphatic rings. The largest absolute Gasteiger partial charge is 0.493 e. The number of methoxy groups -OCH3 is 2. The average molecular weight is 360 g/mol. The van der Waals surface area contributed by atoms with Crippen LogP contribution >= 0.6 is 0 Å². The van der Waals surface area contributed by atoms with Gasteiger partial charge < -0.3 is 18.9 Å². The zero-order chi connectivity index (χ0) is 18.7. The van der Waals surface area contributed by atoms with Gasteiger partial charge in [-0.1, -0.05) is 5.16 Å². The fourth-order valence-corrected chi connectivity index (χ4v) is 3.18. The predicted molar refractivity (Wildman–Crippen MR) is 95.0 cm³/mol. The Morgan fingerprint density at radius 2 is 2.08 bits per heavy atom. The number of aromatic nitrogens is 2. The lowest BCUT2D eigenvalue weighted by Gasteiger charge is -2.24. The van der Waals surface area contributed by atoms with E-state index in [2.05, 4.69) is 15.0 Å². The first-order chi connectivity index (χ1) is 12.5. The third-order valence-electron chi connectivity index (χ3n) is 4.54. The van der Waals surface area contributed by atoms with E-state index in [1.165, 1.54) is 0 Å². The van der Waals surface area contributed by atoms with Crippen LogP contribution in [0.25, 0.3) is 11.4 Å². The molecule has 3 rings (SSSR count). The summed E-state index contributed by atoms with van der Waals surface area (Å²) in [6, 6.07) is 5.34. The van der Waals surface area contributed by atoms with Crippen molar-refractivity contribution in [3.63, 3.8) is 0 Å². The van der Waals surface area contributed by atoms with E-state index in [1.54, 1.807) is 39.3 Å². The van der Waals surface area contributed by atoms with Gasteiger partial charge in [0, 0.05) is 19.7 Å². The van der Waals surface area contributed by atoms with Crippen LogP contribution in [0.15, 0.2) is 22.7 Å². The van der Waals surface area contributed by atoms with Crippen molar-refractivity contribution in [2.45, 2.75) is 25.4 Å². The van der Waals surface area contributed by atoms with Crippen molar-refractivity contribution in [1.82, 2.24) is 19.9 Å². The Balaban J connectivity index is 1.75. The molecule has 1 unspecified atom stereocenters. The van der Waals surface area contributed by atoms with Gasteiger partial charge >= 0.3 is 0 Å². The Kier molecular flexibility index (Phi) is 5.41. The minimum Gasteiger partial charge on any atom is -0.493 e. The minimum atomic E-state index is -0.124. The molecule has 0 spiro atoms. The summed E-state index contributed by atoms with van der Waals surface area (Å²) >= 11 is 0. The smallest absolute Gasteiger partial charge is 0.241 e. The molecule has 0 N–H and O–H groups in total. The highest BCUT2D eigenvalue weighted by atomic mass is 16.5. The molecule has 140 valence electrons. The summed E-state index contributed by atoms with van der Waals surface area (Å²) in [5.41, 5.74) is 0.778. The van der Waals surface area contributed by atoms with E-state index in [9.17, 15) is 4.79 Å². The molecule has 1 aromatic heterocycles. The third kappa shape index (κ3) is 3.65. The number of likely N-dealkylation sites (tertiary alicyclic amines) is 1. The number of carbonyl (C=O) groups is 1. The number of carbonyl (C=O) groups excluding carboxylic acids is 1. The number of hydrogen-bond acceptors (Lipinski definition) is 7. The number of hydrogen-bond donors (Lipinski definition) is 0. The molecule has 1 aliphatic heterocycles. The molecule has 0 radical (unpaired) electrons. The summed E-state index contributed by atoms with van der Waals surface area (Å²) in [6.45, 7) is 1.31. The van der Waals surface area contributed by atoms with E-state index >= 15 is 0 Å². The number of benzene rings is 1. The SMILES string of the molecule is COc1ccc(-c2noc(CN3CCCC3C(=O)N(C)C)n2)cc1OC. The van der Waals surface area contributed by atoms with Gasteiger partial charge in [-0.2, -0.15) is 4.98 Å². The number of likely N-dealkylation sites (N-methyl/N-ethyl adjacent to an activating group) is 1. The highest BCUT2D eigenvalue weighted by Crippen LogP contribution is 2.31. The second-order valence-electron chi connectivity index (χ2n) is 6.44. The second kappa shape index (κ2) is 7.74. The lowest BCUT2D eigenvalue weighted by atomic mass is 10.2. The molecule has 1 aromatic carbocycles. The van der Waals surface area contributed by atoms with Crippen LogP contribution in [0.4, 0.5) is 0 Å². The van der Waals surface area contributed by atoms with Gasteiger partial charge in [-0.05, 0) is 37.6 Å². The Hall–Kier alpha value is -2.61. The molecule has 0 saturated carbocycles. The van der Waals surface area contributed by atoms with Crippen molar-refractivity contribution < 1.29 is 18.8 Å². The standard InChI is InChI=1S/C18H24N4O4/c1-21(2)18(23)13-6-5-9-22(13)11-16-19-17(20-26-16)12-7-8-14(24-3)15(10-12)25-4/h7-8,10,13H,5-6,9,11H2,1-4H3. The summed E-state index contributed by atoms with van der Waals surface area (Å²) in [4.78, 5) is 20.5.